The van der Waals surface area contributed by atoms with Crippen molar-refractivity contribution in [3.63, 3.8) is 0 Å². The molecule has 0 bridgehead atoms. The van der Waals surface area contributed by atoms with Crippen molar-refractivity contribution in [1.82, 2.24) is 4.90 Å². The lowest BCUT2D eigenvalue weighted by Gasteiger charge is -2.34. The van der Waals surface area contributed by atoms with E-state index in [1.54, 1.807) is 46.9 Å². The van der Waals surface area contributed by atoms with Crippen LogP contribution in [0.4, 0.5) is 5.69 Å². The SMILES string of the molecule is CC(=O)c1ccc(NC(=O)CN2CCc3sccc3[C@H]2c2cccs2)cc1. The summed E-state index contributed by atoms with van der Waals surface area (Å²) in [5.74, 6) is -0.0163. The monoisotopic (exact) mass is 396 g/mol. The van der Waals surface area contributed by atoms with Gasteiger partial charge in [0.1, 0.15) is 0 Å². The number of carbonyl (C=O) groups is 2. The van der Waals surface area contributed by atoms with E-state index in [4.69, 9.17) is 0 Å². The third kappa shape index (κ3) is 3.88. The molecule has 27 heavy (non-hydrogen) atoms. The summed E-state index contributed by atoms with van der Waals surface area (Å²) in [6.07, 6.45) is 0.982. The van der Waals surface area contributed by atoms with Crippen molar-refractivity contribution in [2.75, 3.05) is 18.4 Å². The summed E-state index contributed by atoms with van der Waals surface area (Å²) in [6.45, 7) is 2.74. The number of carbonyl (C=O) groups excluding carboxylic acids is 2. The Morgan fingerprint density at radius 2 is 1.93 bits per heavy atom. The first-order valence-corrected chi connectivity index (χ1v) is 10.6. The summed E-state index contributed by atoms with van der Waals surface area (Å²) in [5.41, 5.74) is 2.69. The van der Waals surface area contributed by atoms with Gasteiger partial charge in [0.05, 0.1) is 12.6 Å². The zero-order valence-electron chi connectivity index (χ0n) is 15.0. The molecular formula is C21H20N2O2S2. The lowest BCUT2D eigenvalue weighted by Crippen LogP contribution is -2.40. The molecule has 4 nitrogen and oxygen atoms in total. The number of ketones is 1. The second-order valence-corrected chi connectivity index (χ2v) is 8.60. The Kier molecular flexibility index (Phi) is 5.20. The van der Waals surface area contributed by atoms with Gasteiger partial charge in [0.25, 0.3) is 0 Å². The first kappa shape index (κ1) is 18.1. The highest BCUT2D eigenvalue weighted by Gasteiger charge is 2.31. The van der Waals surface area contributed by atoms with E-state index in [1.165, 1.54) is 22.2 Å². The summed E-state index contributed by atoms with van der Waals surface area (Å²) < 4.78 is 0. The van der Waals surface area contributed by atoms with Gasteiger partial charge in [-0.3, -0.25) is 14.5 Å². The Hall–Kier alpha value is -2.28. The first-order valence-electron chi connectivity index (χ1n) is 8.86. The molecule has 0 spiro atoms. The van der Waals surface area contributed by atoms with Gasteiger partial charge >= 0.3 is 0 Å². The molecule has 0 saturated heterocycles. The van der Waals surface area contributed by atoms with Gasteiger partial charge in [0, 0.05) is 27.5 Å². The number of nitrogens with one attached hydrogen (secondary N) is 1. The van der Waals surface area contributed by atoms with E-state index in [1.807, 2.05) is 0 Å². The van der Waals surface area contributed by atoms with E-state index in [0.29, 0.717) is 17.8 Å². The van der Waals surface area contributed by atoms with Gasteiger partial charge in [-0.2, -0.15) is 0 Å². The molecule has 2 aromatic heterocycles. The van der Waals surface area contributed by atoms with E-state index < -0.39 is 0 Å². The zero-order chi connectivity index (χ0) is 18.8. The molecule has 1 N–H and O–H groups in total. The predicted molar refractivity (Wildman–Crippen MR) is 111 cm³/mol. The summed E-state index contributed by atoms with van der Waals surface area (Å²) >= 11 is 3.54. The molecule has 3 heterocycles. The molecule has 3 aromatic rings. The average Bonchev–Trinajstić information content (AvgIpc) is 3.33. The fourth-order valence-corrected chi connectivity index (χ4v) is 5.27. The van der Waals surface area contributed by atoms with Crippen molar-refractivity contribution in [2.24, 2.45) is 0 Å². The van der Waals surface area contributed by atoms with Crippen LogP contribution in [0.2, 0.25) is 0 Å². The summed E-state index contributed by atoms with van der Waals surface area (Å²) in [5, 5.41) is 7.19. The number of amides is 1. The third-order valence-corrected chi connectivity index (χ3v) is 6.72. The second kappa shape index (κ2) is 7.76. The molecule has 1 amide bonds. The molecule has 6 heteroatoms. The van der Waals surface area contributed by atoms with E-state index in [2.05, 4.69) is 39.2 Å². The Labute approximate surface area is 166 Å². The topological polar surface area (TPSA) is 49.4 Å². The third-order valence-electron chi connectivity index (χ3n) is 4.80. The number of Topliss-reactive ketones (excluding diaryl/α,β-unsaturated/α-hetero) is 1. The Morgan fingerprint density at radius 1 is 1.11 bits per heavy atom. The van der Waals surface area contributed by atoms with Crippen molar-refractivity contribution in [3.8, 4) is 0 Å². The summed E-state index contributed by atoms with van der Waals surface area (Å²) in [4.78, 5) is 29.0. The lowest BCUT2D eigenvalue weighted by molar-refractivity contribution is -0.117. The van der Waals surface area contributed by atoms with E-state index in [9.17, 15) is 9.59 Å². The van der Waals surface area contributed by atoms with Crippen LogP contribution in [0.25, 0.3) is 0 Å². The number of hydrogen-bond donors (Lipinski definition) is 1. The van der Waals surface area contributed by atoms with Crippen LogP contribution in [0.15, 0.2) is 53.2 Å². The highest BCUT2D eigenvalue weighted by molar-refractivity contribution is 7.10. The van der Waals surface area contributed by atoms with Crippen molar-refractivity contribution in [2.45, 2.75) is 19.4 Å². The fraction of sp³-hybridized carbons (Fsp3) is 0.238. The Balaban J connectivity index is 1.49. The number of thiophene rings is 2. The van der Waals surface area contributed by atoms with Crippen molar-refractivity contribution >= 4 is 40.1 Å². The van der Waals surface area contributed by atoms with E-state index in [0.717, 1.165) is 13.0 Å². The highest BCUT2D eigenvalue weighted by Crippen LogP contribution is 2.39. The van der Waals surface area contributed by atoms with Crippen molar-refractivity contribution in [3.05, 3.63) is 74.1 Å². The van der Waals surface area contributed by atoms with E-state index in [-0.39, 0.29) is 17.7 Å². The van der Waals surface area contributed by atoms with Crippen LogP contribution in [0.5, 0.6) is 0 Å². The van der Waals surface area contributed by atoms with E-state index >= 15 is 0 Å². The van der Waals surface area contributed by atoms with Gasteiger partial charge in [0.2, 0.25) is 5.91 Å². The predicted octanol–water partition coefficient (Wildman–Crippen LogP) is 4.60. The minimum Gasteiger partial charge on any atom is -0.325 e. The minimum absolute atomic E-state index is 0.0200. The van der Waals surface area contributed by atoms with Crippen LogP contribution in [0.1, 0.15) is 38.6 Å². The Bertz CT molecular complexity index is 945. The molecule has 1 aromatic carbocycles. The van der Waals surface area contributed by atoms with Crippen LogP contribution >= 0.6 is 22.7 Å². The fourth-order valence-electron chi connectivity index (χ4n) is 3.49. The number of benzene rings is 1. The molecule has 0 aliphatic carbocycles. The average molecular weight is 397 g/mol. The second-order valence-electron chi connectivity index (χ2n) is 6.62. The maximum Gasteiger partial charge on any atom is 0.238 e. The standard InChI is InChI=1S/C21H20N2O2S2/c1-14(24)15-4-6-16(7-5-15)22-20(25)13-23-10-8-18-17(9-12-27-18)21(23)19-3-2-11-26-19/h2-7,9,11-12,21H,8,10,13H2,1H3,(H,22,25)/t21-/m0/s1. The van der Waals surface area contributed by atoms with Gasteiger partial charge in [-0.25, -0.2) is 0 Å². The highest BCUT2D eigenvalue weighted by atomic mass is 32.1. The molecule has 1 aliphatic rings. The zero-order valence-corrected chi connectivity index (χ0v) is 16.6. The van der Waals surface area contributed by atoms with Gasteiger partial charge in [-0.05, 0) is 66.1 Å². The molecule has 0 fully saturated rings. The molecule has 0 unspecified atom stereocenters. The molecular weight excluding hydrogens is 376 g/mol. The number of fused-ring (bicyclic) bond motifs is 1. The molecule has 0 saturated carbocycles. The van der Waals surface area contributed by atoms with Crippen LogP contribution in [0, 0.1) is 0 Å². The minimum atomic E-state index is -0.0363. The van der Waals surface area contributed by atoms with Crippen LogP contribution in [-0.2, 0) is 11.2 Å². The smallest absolute Gasteiger partial charge is 0.238 e. The molecule has 1 atom stereocenters. The molecule has 138 valence electrons. The number of rotatable bonds is 5. The van der Waals surface area contributed by atoms with Crippen LogP contribution in [0.3, 0.4) is 0 Å². The van der Waals surface area contributed by atoms with Gasteiger partial charge in [-0.15, -0.1) is 22.7 Å². The van der Waals surface area contributed by atoms with Gasteiger partial charge in [-0.1, -0.05) is 6.07 Å². The number of nitrogens with zero attached hydrogens (tertiary/aromatic N) is 1. The Morgan fingerprint density at radius 3 is 2.63 bits per heavy atom. The normalized spacial score (nSPS) is 16.7. The van der Waals surface area contributed by atoms with Crippen molar-refractivity contribution in [1.29, 1.82) is 0 Å². The lowest BCUT2D eigenvalue weighted by atomic mass is 9.98. The maximum absolute atomic E-state index is 12.7. The number of hydrogen-bond acceptors (Lipinski definition) is 5. The van der Waals surface area contributed by atoms with Crippen LogP contribution < -0.4 is 5.32 Å². The summed E-state index contributed by atoms with van der Waals surface area (Å²) in [7, 11) is 0. The molecule has 4 rings (SSSR count). The first-order chi connectivity index (χ1) is 13.1. The van der Waals surface area contributed by atoms with Crippen molar-refractivity contribution < 1.29 is 9.59 Å². The summed E-state index contributed by atoms with van der Waals surface area (Å²) in [6, 6.07) is 13.6. The maximum atomic E-state index is 12.7. The molecule has 1 aliphatic heterocycles. The molecule has 0 radical (unpaired) electrons. The van der Waals surface area contributed by atoms with Gasteiger partial charge in [0.15, 0.2) is 5.78 Å². The van der Waals surface area contributed by atoms with Crippen LogP contribution in [-0.4, -0.2) is 29.7 Å². The number of anilines is 1. The van der Waals surface area contributed by atoms with Gasteiger partial charge < -0.3 is 5.32 Å². The largest absolute Gasteiger partial charge is 0.325 e. The quantitative estimate of drug-likeness (QED) is 0.641.